The fraction of sp³-hybridized carbons (Fsp3) is 0.500. The summed E-state index contributed by atoms with van der Waals surface area (Å²) in [6, 6.07) is 3.85. The molecule has 0 saturated heterocycles. The highest BCUT2D eigenvalue weighted by atomic mass is 35.5. The van der Waals surface area contributed by atoms with Gasteiger partial charge in [0.25, 0.3) is 0 Å². The second kappa shape index (κ2) is 6.67. The second-order valence-corrected chi connectivity index (χ2v) is 4.88. The van der Waals surface area contributed by atoms with Gasteiger partial charge in [-0.1, -0.05) is 23.2 Å². The number of hydrogen-bond acceptors (Lipinski definition) is 4. The van der Waals surface area contributed by atoms with Gasteiger partial charge in [-0.2, -0.15) is 5.26 Å². The third-order valence-electron chi connectivity index (χ3n) is 2.38. The zero-order valence-electron chi connectivity index (χ0n) is 10.7. The third kappa shape index (κ3) is 3.66. The first kappa shape index (κ1) is 14.9. The van der Waals surface area contributed by atoms with E-state index in [1.54, 1.807) is 6.07 Å². The number of anilines is 2. The van der Waals surface area contributed by atoms with E-state index in [1.807, 2.05) is 25.8 Å². The third-order valence-corrected chi connectivity index (χ3v) is 2.95. The van der Waals surface area contributed by atoms with Crippen molar-refractivity contribution in [1.29, 1.82) is 5.26 Å². The molecule has 0 aromatic carbocycles. The summed E-state index contributed by atoms with van der Waals surface area (Å²) in [5.41, 5.74) is 0. The average molecular weight is 287 g/mol. The summed E-state index contributed by atoms with van der Waals surface area (Å²) in [5.74, 6) is 1.14. The maximum atomic E-state index is 8.82. The minimum absolute atomic E-state index is 0.0915. The van der Waals surface area contributed by atoms with E-state index < -0.39 is 0 Å². The summed E-state index contributed by atoms with van der Waals surface area (Å²) in [6.07, 6.45) is 0. The van der Waals surface area contributed by atoms with Crippen molar-refractivity contribution < 1.29 is 0 Å². The van der Waals surface area contributed by atoms with Crippen molar-refractivity contribution in [3.8, 4) is 6.07 Å². The fourth-order valence-electron chi connectivity index (χ4n) is 1.55. The van der Waals surface area contributed by atoms with Crippen LogP contribution in [0.1, 0.15) is 13.8 Å². The van der Waals surface area contributed by atoms with Gasteiger partial charge >= 0.3 is 0 Å². The lowest BCUT2D eigenvalue weighted by molar-refractivity contribution is 0.710. The van der Waals surface area contributed by atoms with Gasteiger partial charge in [-0.25, -0.2) is 4.98 Å². The molecule has 0 aliphatic heterocycles. The molecule has 0 saturated carbocycles. The average Bonchev–Trinajstić information content (AvgIpc) is 2.32. The van der Waals surface area contributed by atoms with Crippen molar-refractivity contribution in [2.45, 2.75) is 13.8 Å². The molecule has 1 unspecified atom stereocenters. The van der Waals surface area contributed by atoms with Gasteiger partial charge in [-0.15, -0.1) is 0 Å². The van der Waals surface area contributed by atoms with Crippen molar-refractivity contribution in [2.75, 3.05) is 30.4 Å². The zero-order valence-corrected chi connectivity index (χ0v) is 12.2. The number of rotatable bonds is 5. The Kier molecular flexibility index (Phi) is 5.52. The van der Waals surface area contributed by atoms with Crippen LogP contribution >= 0.6 is 23.2 Å². The molecule has 0 aliphatic rings. The van der Waals surface area contributed by atoms with E-state index in [9.17, 15) is 0 Å². The quantitative estimate of drug-likeness (QED) is 0.901. The molecule has 1 heterocycles. The normalized spacial score (nSPS) is 11.8. The first-order valence-corrected chi connectivity index (χ1v) is 6.45. The first-order valence-electron chi connectivity index (χ1n) is 5.70. The van der Waals surface area contributed by atoms with Crippen LogP contribution in [-0.4, -0.2) is 25.1 Å². The smallest absolute Gasteiger partial charge is 0.149 e. The van der Waals surface area contributed by atoms with Crippen molar-refractivity contribution >= 4 is 34.8 Å². The van der Waals surface area contributed by atoms with E-state index in [0.717, 1.165) is 6.54 Å². The first-order chi connectivity index (χ1) is 8.49. The summed E-state index contributed by atoms with van der Waals surface area (Å²) in [6.45, 7) is 5.11. The lowest BCUT2D eigenvalue weighted by atomic mass is 10.2. The van der Waals surface area contributed by atoms with Crippen LogP contribution in [0.15, 0.2) is 6.07 Å². The molecular weight excluding hydrogens is 271 g/mol. The van der Waals surface area contributed by atoms with E-state index >= 15 is 0 Å². The molecule has 0 fully saturated rings. The number of halogens is 2. The summed E-state index contributed by atoms with van der Waals surface area (Å²) in [7, 11) is 1.85. The molecule has 98 valence electrons. The van der Waals surface area contributed by atoms with Crippen LogP contribution in [0.5, 0.6) is 0 Å². The Morgan fingerprint density at radius 2 is 2.17 bits per heavy atom. The van der Waals surface area contributed by atoms with Crippen LogP contribution in [0, 0.1) is 17.2 Å². The molecule has 1 rings (SSSR count). The Labute approximate surface area is 118 Å². The molecule has 1 aromatic rings. The summed E-state index contributed by atoms with van der Waals surface area (Å²) in [5, 5.41) is 12.9. The molecule has 0 aliphatic carbocycles. The van der Waals surface area contributed by atoms with Gasteiger partial charge in [-0.3, -0.25) is 0 Å². The van der Waals surface area contributed by atoms with E-state index in [2.05, 4.69) is 16.4 Å². The van der Waals surface area contributed by atoms with Gasteiger partial charge in [0.1, 0.15) is 11.6 Å². The SMILES string of the molecule is CCNc1nc(N(C)CC(C)C#N)c(Cl)cc1Cl. The van der Waals surface area contributed by atoms with Crippen LogP contribution < -0.4 is 10.2 Å². The molecule has 0 spiro atoms. The van der Waals surface area contributed by atoms with Crippen LogP contribution in [-0.2, 0) is 0 Å². The number of aromatic nitrogens is 1. The Morgan fingerprint density at radius 1 is 1.50 bits per heavy atom. The summed E-state index contributed by atoms with van der Waals surface area (Å²) < 4.78 is 0. The Hall–Kier alpha value is -1.18. The number of nitrogens with zero attached hydrogens (tertiary/aromatic N) is 3. The number of nitrogens with one attached hydrogen (secondary N) is 1. The highest BCUT2D eigenvalue weighted by molar-refractivity contribution is 6.37. The summed E-state index contributed by atoms with van der Waals surface area (Å²) >= 11 is 12.2. The second-order valence-electron chi connectivity index (χ2n) is 4.07. The standard InChI is InChI=1S/C12H16Cl2N4/c1-4-16-11-9(13)5-10(14)12(17-11)18(3)7-8(2)6-15/h5,8H,4,7H2,1-3H3,(H,16,17). The van der Waals surface area contributed by atoms with Gasteiger partial charge in [0, 0.05) is 20.1 Å². The highest BCUT2D eigenvalue weighted by Crippen LogP contribution is 2.31. The molecule has 1 atom stereocenters. The topological polar surface area (TPSA) is 52.0 Å². The van der Waals surface area contributed by atoms with Gasteiger partial charge in [0.05, 0.1) is 22.0 Å². The Morgan fingerprint density at radius 3 is 2.72 bits per heavy atom. The van der Waals surface area contributed by atoms with Gasteiger partial charge in [0.2, 0.25) is 0 Å². The van der Waals surface area contributed by atoms with E-state index in [0.29, 0.717) is 28.2 Å². The predicted octanol–water partition coefficient (Wildman–Crippen LogP) is 3.42. The Balaban J connectivity index is 3.01. The van der Waals surface area contributed by atoms with Gasteiger partial charge < -0.3 is 10.2 Å². The molecule has 0 bridgehead atoms. The van der Waals surface area contributed by atoms with Crippen molar-refractivity contribution in [1.82, 2.24) is 4.98 Å². The number of hydrogen-bond donors (Lipinski definition) is 1. The van der Waals surface area contributed by atoms with Gasteiger partial charge in [0.15, 0.2) is 0 Å². The number of nitriles is 1. The molecule has 1 N–H and O–H groups in total. The van der Waals surface area contributed by atoms with Gasteiger partial charge in [-0.05, 0) is 19.9 Å². The molecule has 0 amide bonds. The minimum atomic E-state index is -0.0915. The van der Waals surface area contributed by atoms with Crippen LogP contribution in [0.25, 0.3) is 0 Å². The molecule has 0 radical (unpaired) electrons. The van der Waals surface area contributed by atoms with E-state index in [1.165, 1.54) is 0 Å². The highest BCUT2D eigenvalue weighted by Gasteiger charge is 2.14. The van der Waals surface area contributed by atoms with Crippen LogP contribution in [0.2, 0.25) is 10.0 Å². The van der Waals surface area contributed by atoms with Crippen LogP contribution in [0.3, 0.4) is 0 Å². The molecular formula is C12H16Cl2N4. The Bertz CT molecular complexity index is 456. The van der Waals surface area contributed by atoms with Crippen molar-refractivity contribution in [3.63, 3.8) is 0 Å². The fourth-order valence-corrected chi connectivity index (χ4v) is 2.12. The predicted molar refractivity (Wildman–Crippen MR) is 76.5 cm³/mol. The lowest BCUT2D eigenvalue weighted by Crippen LogP contribution is -2.24. The maximum absolute atomic E-state index is 8.82. The molecule has 18 heavy (non-hydrogen) atoms. The van der Waals surface area contributed by atoms with Crippen molar-refractivity contribution in [3.05, 3.63) is 16.1 Å². The van der Waals surface area contributed by atoms with Crippen molar-refractivity contribution in [2.24, 2.45) is 5.92 Å². The van der Waals surface area contributed by atoms with Crippen LogP contribution in [0.4, 0.5) is 11.6 Å². The lowest BCUT2D eigenvalue weighted by Gasteiger charge is -2.21. The molecule has 4 nitrogen and oxygen atoms in total. The molecule has 1 aromatic heterocycles. The summed E-state index contributed by atoms with van der Waals surface area (Å²) in [4.78, 5) is 6.24. The number of pyridine rings is 1. The maximum Gasteiger partial charge on any atom is 0.149 e. The monoisotopic (exact) mass is 286 g/mol. The zero-order chi connectivity index (χ0) is 13.7. The largest absolute Gasteiger partial charge is 0.369 e. The van der Waals surface area contributed by atoms with E-state index in [-0.39, 0.29) is 5.92 Å². The minimum Gasteiger partial charge on any atom is -0.369 e. The molecule has 6 heteroatoms. The van der Waals surface area contributed by atoms with E-state index in [4.69, 9.17) is 28.5 Å².